The van der Waals surface area contributed by atoms with E-state index in [0.29, 0.717) is 11.6 Å². The Bertz CT molecular complexity index is 529. The highest BCUT2D eigenvalue weighted by Gasteiger charge is 2.06. The number of pyridine rings is 1. The van der Waals surface area contributed by atoms with Crippen LogP contribution in [0.15, 0.2) is 12.1 Å². The van der Waals surface area contributed by atoms with Gasteiger partial charge in [0, 0.05) is 17.0 Å². The van der Waals surface area contributed by atoms with Crippen molar-refractivity contribution in [1.82, 2.24) is 20.2 Å². The number of aryl methyl sites for hydroxylation is 2. The molecule has 0 saturated carbocycles. The molecule has 0 amide bonds. The molecule has 0 atom stereocenters. The second-order valence-electron chi connectivity index (χ2n) is 3.58. The molecule has 2 heterocycles. The predicted octanol–water partition coefficient (Wildman–Crippen LogP) is 1.55. The number of nitriles is 1. The highest BCUT2D eigenvalue weighted by Crippen LogP contribution is 2.16. The largest absolute Gasteiger partial charge is 0.262 e. The molecule has 2 rings (SSSR count). The van der Waals surface area contributed by atoms with Crippen molar-refractivity contribution in [3.05, 3.63) is 29.3 Å². The molecule has 2 aromatic rings. The fourth-order valence-corrected chi connectivity index (χ4v) is 1.54. The van der Waals surface area contributed by atoms with Crippen molar-refractivity contribution >= 4 is 0 Å². The van der Waals surface area contributed by atoms with E-state index in [2.05, 4.69) is 20.2 Å². The van der Waals surface area contributed by atoms with Crippen molar-refractivity contribution < 1.29 is 0 Å². The van der Waals surface area contributed by atoms with Crippen LogP contribution in [0.25, 0.3) is 11.4 Å². The number of nitrogens with one attached hydrogen (secondary N) is 1. The molecule has 16 heavy (non-hydrogen) atoms. The Balaban J connectivity index is 2.39. The van der Waals surface area contributed by atoms with Crippen LogP contribution in [0.1, 0.15) is 17.2 Å². The number of rotatable bonds is 2. The van der Waals surface area contributed by atoms with Gasteiger partial charge in [0.2, 0.25) is 0 Å². The molecular weight excluding hydrogens is 202 g/mol. The van der Waals surface area contributed by atoms with Crippen molar-refractivity contribution in [3.8, 4) is 17.5 Å². The van der Waals surface area contributed by atoms with Crippen molar-refractivity contribution in [3.63, 3.8) is 0 Å². The van der Waals surface area contributed by atoms with Gasteiger partial charge >= 0.3 is 0 Å². The Hall–Kier alpha value is -2.22. The molecule has 0 fully saturated rings. The van der Waals surface area contributed by atoms with Crippen molar-refractivity contribution in [2.75, 3.05) is 0 Å². The molecule has 0 unspecified atom stereocenters. The SMILES string of the molecule is Cc1cc(-c2n[nH]c(CC#N)n2)cc(C)n1. The van der Waals surface area contributed by atoms with E-state index in [4.69, 9.17) is 5.26 Å². The summed E-state index contributed by atoms with van der Waals surface area (Å²) >= 11 is 0. The zero-order valence-corrected chi connectivity index (χ0v) is 9.15. The zero-order valence-electron chi connectivity index (χ0n) is 9.15. The molecule has 0 aliphatic carbocycles. The number of aromatic nitrogens is 4. The molecule has 0 radical (unpaired) electrons. The third-order valence-corrected chi connectivity index (χ3v) is 2.12. The van der Waals surface area contributed by atoms with Crippen molar-refractivity contribution in [2.45, 2.75) is 20.3 Å². The van der Waals surface area contributed by atoms with Crippen LogP contribution < -0.4 is 0 Å². The zero-order chi connectivity index (χ0) is 11.5. The van der Waals surface area contributed by atoms with Crippen LogP contribution in [-0.2, 0) is 6.42 Å². The molecule has 0 aliphatic heterocycles. The predicted molar refractivity (Wildman–Crippen MR) is 58.4 cm³/mol. The van der Waals surface area contributed by atoms with Gasteiger partial charge < -0.3 is 0 Å². The minimum Gasteiger partial charge on any atom is -0.262 e. The number of hydrogen-bond acceptors (Lipinski definition) is 4. The lowest BCUT2D eigenvalue weighted by Gasteiger charge is -1.99. The average Bonchev–Trinajstić information content (AvgIpc) is 2.65. The maximum absolute atomic E-state index is 8.54. The fraction of sp³-hybridized carbons (Fsp3) is 0.273. The molecule has 1 N–H and O–H groups in total. The summed E-state index contributed by atoms with van der Waals surface area (Å²) in [5.74, 6) is 1.20. The van der Waals surface area contributed by atoms with E-state index in [1.54, 1.807) is 0 Å². The van der Waals surface area contributed by atoms with E-state index >= 15 is 0 Å². The first-order valence-corrected chi connectivity index (χ1v) is 4.93. The fourth-order valence-electron chi connectivity index (χ4n) is 1.54. The summed E-state index contributed by atoms with van der Waals surface area (Å²) in [5, 5.41) is 15.4. The van der Waals surface area contributed by atoms with Gasteiger partial charge in [0.25, 0.3) is 0 Å². The van der Waals surface area contributed by atoms with Crippen LogP contribution in [0.3, 0.4) is 0 Å². The van der Waals surface area contributed by atoms with Crippen molar-refractivity contribution in [2.24, 2.45) is 0 Å². The van der Waals surface area contributed by atoms with Gasteiger partial charge in [-0.05, 0) is 26.0 Å². The maximum atomic E-state index is 8.54. The summed E-state index contributed by atoms with van der Waals surface area (Å²) in [6.07, 6.45) is 0.246. The molecule has 5 nitrogen and oxygen atoms in total. The molecule has 0 aliphatic rings. The normalized spacial score (nSPS) is 10.1. The number of nitrogens with zero attached hydrogens (tertiary/aromatic N) is 4. The van der Waals surface area contributed by atoms with Gasteiger partial charge in [-0.25, -0.2) is 4.98 Å². The second-order valence-corrected chi connectivity index (χ2v) is 3.58. The van der Waals surface area contributed by atoms with Crippen molar-refractivity contribution in [1.29, 1.82) is 5.26 Å². The van der Waals surface area contributed by atoms with Gasteiger partial charge in [0.15, 0.2) is 5.82 Å². The first kappa shape index (κ1) is 10.3. The average molecular weight is 213 g/mol. The van der Waals surface area contributed by atoms with Crippen LogP contribution in [-0.4, -0.2) is 20.2 Å². The van der Waals surface area contributed by atoms with E-state index in [9.17, 15) is 0 Å². The quantitative estimate of drug-likeness (QED) is 0.820. The number of aromatic amines is 1. The lowest BCUT2D eigenvalue weighted by atomic mass is 10.2. The summed E-state index contributed by atoms with van der Waals surface area (Å²) in [7, 11) is 0. The third-order valence-electron chi connectivity index (χ3n) is 2.12. The van der Waals surface area contributed by atoms with E-state index in [1.807, 2.05) is 32.0 Å². The van der Waals surface area contributed by atoms with Crippen LogP contribution in [0.4, 0.5) is 0 Å². The van der Waals surface area contributed by atoms with Crippen LogP contribution in [0, 0.1) is 25.2 Å². The third kappa shape index (κ3) is 2.06. The van der Waals surface area contributed by atoms with E-state index in [0.717, 1.165) is 17.0 Å². The topological polar surface area (TPSA) is 78.2 Å². The monoisotopic (exact) mass is 213 g/mol. The van der Waals surface area contributed by atoms with Gasteiger partial charge in [0.05, 0.1) is 12.5 Å². The molecule has 0 bridgehead atoms. The van der Waals surface area contributed by atoms with Crippen LogP contribution >= 0.6 is 0 Å². The Morgan fingerprint density at radius 1 is 1.25 bits per heavy atom. The van der Waals surface area contributed by atoms with Crippen LogP contribution in [0.5, 0.6) is 0 Å². The summed E-state index contributed by atoms with van der Waals surface area (Å²) in [6, 6.07) is 5.87. The van der Waals surface area contributed by atoms with E-state index in [1.165, 1.54) is 0 Å². The minimum atomic E-state index is 0.246. The van der Waals surface area contributed by atoms with Gasteiger partial charge in [-0.15, -0.1) is 0 Å². The number of H-pyrrole nitrogens is 1. The molecule has 0 spiro atoms. The summed E-state index contributed by atoms with van der Waals surface area (Å²) in [5.41, 5.74) is 2.79. The Labute approximate surface area is 93.2 Å². The first-order chi connectivity index (χ1) is 7.69. The first-order valence-electron chi connectivity index (χ1n) is 4.93. The molecular formula is C11H11N5. The maximum Gasteiger partial charge on any atom is 0.181 e. The lowest BCUT2D eigenvalue weighted by Crippen LogP contribution is -1.89. The molecule has 0 aromatic carbocycles. The van der Waals surface area contributed by atoms with Gasteiger partial charge in [-0.1, -0.05) is 0 Å². The molecule has 5 heteroatoms. The van der Waals surface area contributed by atoms with E-state index < -0.39 is 0 Å². The Kier molecular flexibility index (Phi) is 2.64. The van der Waals surface area contributed by atoms with Gasteiger partial charge in [-0.3, -0.25) is 10.1 Å². The lowest BCUT2D eigenvalue weighted by molar-refractivity contribution is 0.995. The van der Waals surface area contributed by atoms with Gasteiger partial charge in [-0.2, -0.15) is 10.4 Å². The number of hydrogen-bond donors (Lipinski definition) is 1. The smallest absolute Gasteiger partial charge is 0.181 e. The Morgan fingerprint density at radius 3 is 2.56 bits per heavy atom. The summed E-state index contributed by atoms with van der Waals surface area (Å²) in [6.45, 7) is 3.86. The van der Waals surface area contributed by atoms with Gasteiger partial charge in [0.1, 0.15) is 5.82 Å². The minimum absolute atomic E-state index is 0.246. The van der Waals surface area contributed by atoms with E-state index in [-0.39, 0.29) is 6.42 Å². The highest BCUT2D eigenvalue weighted by atomic mass is 15.2. The molecule has 2 aromatic heterocycles. The summed E-state index contributed by atoms with van der Waals surface area (Å²) in [4.78, 5) is 8.52. The Morgan fingerprint density at radius 2 is 1.94 bits per heavy atom. The highest BCUT2D eigenvalue weighted by molar-refractivity contribution is 5.55. The van der Waals surface area contributed by atoms with Crippen LogP contribution in [0.2, 0.25) is 0 Å². The summed E-state index contributed by atoms with van der Waals surface area (Å²) < 4.78 is 0. The second kappa shape index (κ2) is 4.11. The molecule has 80 valence electrons. The standard InChI is InChI=1S/C11H11N5/c1-7-5-9(6-8(2)13-7)11-14-10(3-4-12)15-16-11/h5-6H,3H2,1-2H3,(H,14,15,16). The molecule has 0 saturated heterocycles.